The van der Waals surface area contributed by atoms with Crippen LogP contribution in [-0.4, -0.2) is 25.2 Å². The van der Waals surface area contributed by atoms with Crippen LogP contribution < -0.4 is 5.32 Å². The minimum absolute atomic E-state index is 0.111. The number of ether oxygens (including phenoxy) is 1. The molecule has 0 bridgehead atoms. The lowest BCUT2D eigenvalue weighted by Crippen LogP contribution is -2.30. The quantitative estimate of drug-likeness (QED) is 0.767. The van der Waals surface area contributed by atoms with Crippen LogP contribution in [0.4, 0.5) is 18.9 Å². The largest absolute Gasteiger partial charge is 0.471 e. The molecule has 9 heteroatoms. The summed E-state index contributed by atoms with van der Waals surface area (Å²) in [6.45, 7) is 0. The number of carbonyl (C=O) groups is 2. The van der Waals surface area contributed by atoms with Crippen molar-refractivity contribution >= 4 is 49.4 Å². The highest BCUT2D eigenvalue weighted by Crippen LogP contribution is 2.33. The van der Waals surface area contributed by atoms with Crippen molar-refractivity contribution in [2.24, 2.45) is 0 Å². The summed E-state index contributed by atoms with van der Waals surface area (Å²) in [6.07, 6.45) is -5.00. The second-order valence-corrected chi connectivity index (χ2v) is 4.97. The van der Waals surface area contributed by atoms with Gasteiger partial charge in [0.05, 0.1) is 18.4 Å². The number of methoxy groups -OCH3 is 1. The van der Waals surface area contributed by atoms with Gasteiger partial charge in [-0.25, -0.2) is 4.79 Å². The van der Waals surface area contributed by atoms with E-state index >= 15 is 0 Å². The van der Waals surface area contributed by atoms with Crippen LogP contribution in [0.15, 0.2) is 21.1 Å². The Labute approximate surface area is 122 Å². The molecule has 0 aromatic heterocycles. The topological polar surface area (TPSA) is 55.4 Å². The fourth-order valence-corrected chi connectivity index (χ4v) is 2.50. The molecule has 0 saturated heterocycles. The summed E-state index contributed by atoms with van der Waals surface area (Å²) in [5.74, 6) is -2.77. The third kappa shape index (κ3) is 3.93. The van der Waals surface area contributed by atoms with Gasteiger partial charge in [0, 0.05) is 8.95 Å². The Morgan fingerprint density at radius 1 is 1.21 bits per heavy atom. The molecule has 0 aliphatic carbocycles. The fraction of sp³-hybridized carbons (Fsp3) is 0.200. The van der Waals surface area contributed by atoms with Crippen LogP contribution in [0.2, 0.25) is 0 Å². The number of esters is 1. The number of alkyl halides is 3. The van der Waals surface area contributed by atoms with Gasteiger partial charge < -0.3 is 10.1 Å². The molecular weight excluding hydrogens is 399 g/mol. The Balaban J connectivity index is 3.11. The molecule has 0 fully saturated rings. The maximum atomic E-state index is 12.1. The first kappa shape index (κ1) is 16.0. The van der Waals surface area contributed by atoms with Crippen molar-refractivity contribution in [2.45, 2.75) is 6.18 Å². The van der Waals surface area contributed by atoms with Gasteiger partial charge >= 0.3 is 18.1 Å². The molecule has 1 amide bonds. The molecule has 1 N–H and O–H groups in total. The van der Waals surface area contributed by atoms with Crippen molar-refractivity contribution in [1.82, 2.24) is 0 Å². The highest BCUT2D eigenvalue weighted by atomic mass is 79.9. The van der Waals surface area contributed by atoms with Gasteiger partial charge in [-0.3, -0.25) is 4.79 Å². The number of nitrogens with one attached hydrogen (secondary N) is 1. The van der Waals surface area contributed by atoms with Crippen molar-refractivity contribution in [1.29, 1.82) is 0 Å². The van der Waals surface area contributed by atoms with E-state index in [0.29, 0.717) is 0 Å². The zero-order chi connectivity index (χ0) is 14.8. The summed E-state index contributed by atoms with van der Waals surface area (Å²) >= 11 is 5.94. The molecule has 4 nitrogen and oxygen atoms in total. The molecule has 0 radical (unpaired) electrons. The van der Waals surface area contributed by atoms with E-state index in [4.69, 9.17) is 0 Å². The molecule has 1 rings (SSSR count). The van der Waals surface area contributed by atoms with Gasteiger partial charge in [0.1, 0.15) is 0 Å². The molecule has 19 heavy (non-hydrogen) atoms. The van der Waals surface area contributed by atoms with E-state index in [1.807, 2.05) is 0 Å². The number of rotatable bonds is 2. The number of anilines is 1. The summed E-state index contributed by atoms with van der Waals surface area (Å²) in [5, 5.41) is 1.69. The Morgan fingerprint density at radius 3 is 2.05 bits per heavy atom. The number of benzene rings is 1. The molecule has 1 aromatic rings. The first-order chi connectivity index (χ1) is 8.66. The van der Waals surface area contributed by atoms with Crippen LogP contribution in [-0.2, 0) is 9.53 Å². The standard InChI is InChI=1S/C10H6Br2F3NO3/c1-19-8(17)4-2-5(11)7(6(12)3-4)16-9(18)10(13,14)15/h2-3H,1H3,(H,16,18). The van der Waals surface area contributed by atoms with E-state index in [0.717, 1.165) is 0 Å². The molecule has 104 valence electrons. The second-order valence-electron chi connectivity index (χ2n) is 3.26. The average Bonchev–Trinajstić information content (AvgIpc) is 2.30. The van der Waals surface area contributed by atoms with Crippen LogP contribution in [0.3, 0.4) is 0 Å². The van der Waals surface area contributed by atoms with Crippen molar-refractivity contribution in [3.8, 4) is 0 Å². The average molecular weight is 405 g/mol. The number of hydrogen-bond acceptors (Lipinski definition) is 3. The summed E-state index contributed by atoms with van der Waals surface area (Å²) in [7, 11) is 1.17. The lowest BCUT2D eigenvalue weighted by molar-refractivity contribution is -0.167. The molecule has 0 saturated carbocycles. The highest BCUT2D eigenvalue weighted by Gasteiger charge is 2.39. The first-order valence-corrected chi connectivity index (χ1v) is 6.21. The van der Waals surface area contributed by atoms with Crippen LogP contribution in [0.1, 0.15) is 10.4 Å². The molecule has 0 aliphatic rings. The maximum Gasteiger partial charge on any atom is 0.471 e. The highest BCUT2D eigenvalue weighted by molar-refractivity contribution is 9.11. The van der Waals surface area contributed by atoms with E-state index in [1.54, 1.807) is 5.32 Å². The zero-order valence-electron chi connectivity index (χ0n) is 9.27. The monoisotopic (exact) mass is 403 g/mol. The summed E-state index contributed by atoms with van der Waals surface area (Å²) < 4.78 is 41.1. The van der Waals surface area contributed by atoms with E-state index in [9.17, 15) is 22.8 Å². The summed E-state index contributed by atoms with van der Waals surface area (Å²) in [6, 6.07) is 2.48. The Bertz CT molecular complexity index is 508. The molecule has 0 aliphatic heterocycles. The maximum absolute atomic E-state index is 12.1. The minimum Gasteiger partial charge on any atom is -0.465 e. The predicted molar refractivity (Wildman–Crippen MR) is 67.9 cm³/mol. The molecule has 0 spiro atoms. The SMILES string of the molecule is COC(=O)c1cc(Br)c(NC(=O)C(F)(F)F)c(Br)c1. The minimum atomic E-state index is -5.00. The van der Waals surface area contributed by atoms with E-state index in [-0.39, 0.29) is 20.2 Å². The number of halogens is 5. The molecular formula is C10H6Br2F3NO3. The van der Waals surface area contributed by atoms with Crippen molar-refractivity contribution in [3.05, 3.63) is 26.6 Å². The molecule has 0 heterocycles. The van der Waals surface area contributed by atoms with Gasteiger partial charge in [0.15, 0.2) is 0 Å². The van der Waals surface area contributed by atoms with Crippen LogP contribution in [0.25, 0.3) is 0 Å². The third-order valence-corrected chi connectivity index (χ3v) is 3.21. The van der Waals surface area contributed by atoms with E-state index < -0.39 is 18.1 Å². The number of hydrogen-bond donors (Lipinski definition) is 1. The lowest BCUT2D eigenvalue weighted by atomic mass is 10.2. The molecule has 1 aromatic carbocycles. The Hall–Kier alpha value is -1.09. The van der Waals surface area contributed by atoms with Gasteiger partial charge in [-0.05, 0) is 44.0 Å². The fourth-order valence-electron chi connectivity index (χ4n) is 1.11. The smallest absolute Gasteiger partial charge is 0.465 e. The zero-order valence-corrected chi connectivity index (χ0v) is 12.4. The Kier molecular flexibility index (Phi) is 4.97. The van der Waals surface area contributed by atoms with Gasteiger partial charge in [-0.1, -0.05) is 0 Å². The van der Waals surface area contributed by atoms with Gasteiger partial charge in [0.2, 0.25) is 0 Å². The first-order valence-electron chi connectivity index (χ1n) is 4.62. The van der Waals surface area contributed by atoms with Gasteiger partial charge in [-0.15, -0.1) is 0 Å². The second kappa shape index (κ2) is 5.91. The normalized spacial score (nSPS) is 11.1. The van der Waals surface area contributed by atoms with Crippen molar-refractivity contribution < 1.29 is 27.5 Å². The lowest BCUT2D eigenvalue weighted by Gasteiger charge is -2.12. The third-order valence-electron chi connectivity index (χ3n) is 1.96. The molecule has 0 atom stereocenters. The van der Waals surface area contributed by atoms with Crippen LogP contribution in [0, 0.1) is 0 Å². The van der Waals surface area contributed by atoms with Crippen LogP contribution >= 0.6 is 31.9 Å². The Morgan fingerprint density at radius 2 is 1.68 bits per heavy atom. The van der Waals surface area contributed by atoms with Crippen molar-refractivity contribution in [2.75, 3.05) is 12.4 Å². The number of amides is 1. The van der Waals surface area contributed by atoms with Gasteiger partial charge in [-0.2, -0.15) is 13.2 Å². The van der Waals surface area contributed by atoms with Gasteiger partial charge in [0.25, 0.3) is 0 Å². The summed E-state index contributed by atoms with van der Waals surface area (Å²) in [5.41, 5.74) is -0.0127. The molecule has 0 unspecified atom stereocenters. The van der Waals surface area contributed by atoms with Crippen LogP contribution in [0.5, 0.6) is 0 Å². The predicted octanol–water partition coefficient (Wildman–Crippen LogP) is 3.50. The number of carbonyl (C=O) groups excluding carboxylic acids is 2. The van der Waals surface area contributed by atoms with E-state index in [2.05, 4.69) is 36.6 Å². The van der Waals surface area contributed by atoms with Crippen molar-refractivity contribution in [3.63, 3.8) is 0 Å². The van der Waals surface area contributed by atoms with E-state index in [1.165, 1.54) is 19.2 Å². The summed E-state index contributed by atoms with van der Waals surface area (Å²) in [4.78, 5) is 22.1.